The van der Waals surface area contributed by atoms with E-state index in [0.717, 1.165) is 16.9 Å². The highest BCUT2D eigenvalue weighted by atomic mass is 35.5. The van der Waals surface area contributed by atoms with E-state index in [2.05, 4.69) is 5.32 Å². The van der Waals surface area contributed by atoms with Crippen LogP contribution in [0.1, 0.15) is 11.3 Å². The topological polar surface area (TPSA) is 33.0 Å². The van der Waals surface area contributed by atoms with Crippen LogP contribution < -0.4 is 9.88 Å². The molecule has 0 aliphatic carbocycles. The predicted molar refractivity (Wildman–Crippen MR) is 76.2 cm³/mol. The lowest BCUT2D eigenvalue weighted by Crippen LogP contribution is -2.42. The Bertz CT molecular complexity index is 611. The Morgan fingerprint density at radius 1 is 1.26 bits per heavy atom. The fourth-order valence-electron chi connectivity index (χ4n) is 1.85. The predicted octanol–water partition coefficient (Wildman–Crippen LogP) is 2.88. The molecule has 1 N–H and O–H groups in total. The molecule has 0 atom stereocenters. The summed E-state index contributed by atoms with van der Waals surface area (Å²) in [5, 5.41) is 3.56. The molecule has 1 aromatic heterocycles. The molecule has 0 spiro atoms. The lowest BCUT2D eigenvalue weighted by Gasteiger charge is -2.07. The largest absolute Gasteiger partial charge is 0.320 e. The normalized spacial score (nSPS) is 10.3. The summed E-state index contributed by atoms with van der Waals surface area (Å²) in [5.74, 6) is -0.0512. The molecule has 1 amide bonds. The molecule has 3 nitrogen and oxygen atoms in total. The van der Waals surface area contributed by atoms with Gasteiger partial charge in [0.2, 0.25) is 6.54 Å². The Kier molecular flexibility index (Phi) is 4.17. The monoisotopic (exact) mass is 275 g/mol. The molecule has 0 aliphatic heterocycles. The number of benzene rings is 1. The average molecular weight is 276 g/mol. The van der Waals surface area contributed by atoms with Gasteiger partial charge in [-0.1, -0.05) is 17.7 Å². The fraction of sp³-hybridized carbons (Fsp3) is 0.200. The van der Waals surface area contributed by atoms with E-state index in [4.69, 9.17) is 11.6 Å². The Morgan fingerprint density at radius 2 is 2.05 bits per heavy atom. The van der Waals surface area contributed by atoms with Crippen molar-refractivity contribution in [1.29, 1.82) is 0 Å². The van der Waals surface area contributed by atoms with E-state index in [9.17, 15) is 4.79 Å². The van der Waals surface area contributed by atoms with Gasteiger partial charge in [-0.2, -0.15) is 4.57 Å². The number of aromatic nitrogens is 1. The van der Waals surface area contributed by atoms with Crippen LogP contribution in [0, 0.1) is 13.8 Å². The third-order valence-corrected chi connectivity index (χ3v) is 3.18. The highest BCUT2D eigenvalue weighted by Crippen LogP contribution is 2.19. The Labute approximate surface area is 117 Å². The number of carbonyl (C=O) groups is 1. The van der Waals surface area contributed by atoms with E-state index >= 15 is 0 Å². The standard InChI is InChI=1S/C15H15ClN2O/c1-11-9-13(16)6-7-14(11)17-15(19)10-18-8-4-3-5-12(18)2/h3-9H,10H2,1-2H3/p+1. The zero-order valence-electron chi connectivity index (χ0n) is 11.0. The summed E-state index contributed by atoms with van der Waals surface area (Å²) < 4.78 is 1.90. The Morgan fingerprint density at radius 3 is 2.74 bits per heavy atom. The number of rotatable bonds is 3. The van der Waals surface area contributed by atoms with Gasteiger partial charge in [0.25, 0.3) is 5.91 Å². The minimum Gasteiger partial charge on any atom is -0.320 e. The third kappa shape index (κ3) is 3.55. The molecule has 0 fully saturated rings. The Hall–Kier alpha value is -1.87. The lowest BCUT2D eigenvalue weighted by atomic mass is 10.2. The van der Waals surface area contributed by atoms with Crippen molar-refractivity contribution in [2.45, 2.75) is 20.4 Å². The average Bonchev–Trinajstić information content (AvgIpc) is 2.36. The summed E-state index contributed by atoms with van der Waals surface area (Å²) in [5.41, 5.74) is 2.80. The number of carbonyl (C=O) groups excluding carboxylic acids is 1. The van der Waals surface area contributed by atoms with E-state index in [1.54, 1.807) is 6.07 Å². The maximum atomic E-state index is 12.0. The van der Waals surface area contributed by atoms with Crippen molar-refractivity contribution in [2.75, 3.05) is 5.32 Å². The molecule has 98 valence electrons. The highest BCUT2D eigenvalue weighted by molar-refractivity contribution is 6.30. The first-order valence-electron chi connectivity index (χ1n) is 6.07. The minimum atomic E-state index is -0.0512. The molecule has 0 saturated carbocycles. The van der Waals surface area contributed by atoms with Crippen LogP contribution in [0.5, 0.6) is 0 Å². The summed E-state index contributed by atoms with van der Waals surface area (Å²) in [6.07, 6.45) is 1.89. The van der Waals surface area contributed by atoms with Gasteiger partial charge in [-0.15, -0.1) is 0 Å². The number of nitrogens with zero attached hydrogens (tertiary/aromatic N) is 1. The van der Waals surface area contributed by atoms with Gasteiger partial charge in [-0.05, 0) is 30.7 Å². The van der Waals surface area contributed by atoms with Crippen molar-refractivity contribution < 1.29 is 9.36 Å². The number of anilines is 1. The van der Waals surface area contributed by atoms with Crippen LogP contribution in [-0.4, -0.2) is 5.91 Å². The number of aryl methyl sites for hydroxylation is 2. The molecule has 4 heteroatoms. The van der Waals surface area contributed by atoms with E-state index in [0.29, 0.717) is 11.6 Å². The molecule has 0 bridgehead atoms. The molecule has 0 unspecified atom stereocenters. The number of hydrogen-bond donors (Lipinski definition) is 1. The highest BCUT2D eigenvalue weighted by Gasteiger charge is 2.12. The van der Waals surface area contributed by atoms with E-state index in [1.165, 1.54) is 0 Å². The molecule has 0 radical (unpaired) electrons. The van der Waals surface area contributed by atoms with E-state index < -0.39 is 0 Å². The van der Waals surface area contributed by atoms with Crippen molar-refractivity contribution in [1.82, 2.24) is 0 Å². The van der Waals surface area contributed by atoms with Gasteiger partial charge in [-0.25, -0.2) is 0 Å². The summed E-state index contributed by atoms with van der Waals surface area (Å²) in [4.78, 5) is 12.0. The van der Waals surface area contributed by atoms with Gasteiger partial charge in [-0.3, -0.25) is 4.79 Å². The summed E-state index contributed by atoms with van der Waals surface area (Å²) in [6, 6.07) is 11.3. The molecule has 2 aromatic rings. The first kappa shape index (κ1) is 13.6. The number of nitrogens with one attached hydrogen (secondary N) is 1. The summed E-state index contributed by atoms with van der Waals surface area (Å²) in [6.45, 7) is 4.19. The van der Waals surface area contributed by atoms with Gasteiger partial charge >= 0.3 is 0 Å². The van der Waals surface area contributed by atoms with Gasteiger partial charge in [0.1, 0.15) is 0 Å². The smallest absolute Gasteiger partial charge is 0.290 e. The van der Waals surface area contributed by atoms with Gasteiger partial charge < -0.3 is 5.32 Å². The van der Waals surface area contributed by atoms with Gasteiger partial charge in [0.05, 0.1) is 0 Å². The van der Waals surface area contributed by atoms with Crippen molar-refractivity contribution in [2.24, 2.45) is 0 Å². The molecule has 1 aromatic carbocycles. The number of hydrogen-bond acceptors (Lipinski definition) is 1. The van der Waals surface area contributed by atoms with E-state index in [-0.39, 0.29) is 5.91 Å². The Balaban J connectivity index is 2.08. The van der Waals surface area contributed by atoms with Gasteiger partial charge in [0, 0.05) is 29.8 Å². The summed E-state index contributed by atoms with van der Waals surface area (Å²) in [7, 11) is 0. The zero-order chi connectivity index (χ0) is 13.8. The van der Waals surface area contributed by atoms with Gasteiger partial charge in [0.15, 0.2) is 11.9 Å². The van der Waals surface area contributed by atoms with Crippen LogP contribution in [0.2, 0.25) is 5.02 Å². The molecule has 2 rings (SSSR count). The number of halogens is 1. The first-order valence-corrected chi connectivity index (χ1v) is 6.45. The number of pyridine rings is 1. The lowest BCUT2D eigenvalue weighted by molar-refractivity contribution is -0.690. The van der Waals surface area contributed by atoms with Crippen LogP contribution in [0.3, 0.4) is 0 Å². The van der Waals surface area contributed by atoms with Crippen molar-refractivity contribution in [3.8, 4) is 0 Å². The second-order valence-corrected chi connectivity index (χ2v) is 4.91. The second kappa shape index (κ2) is 5.85. The molecule has 19 heavy (non-hydrogen) atoms. The van der Waals surface area contributed by atoms with Crippen molar-refractivity contribution >= 4 is 23.2 Å². The first-order chi connectivity index (χ1) is 9.06. The van der Waals surface area contributed by atoms with Crippen LogP contribution >= 0.6 is 11.6 Å². The van der Waals surface area contributed by atoms with Crippen molar-refractivity contribution in [3.63, 3.8) is 0 Å². The SMILES string of the molecule is Cc1cc(Cl)ccc1NC(=O)C[n+]1ccccc1C. The quantitative estimate of drug-likeness (QED) is 0.859. The minimum absolute atomic E-state index is 0.0512. The molecular formula is C15H16ClN2O+. The van der Waals surface area contributed by atoms with Crippen LogP contribution in [-0.2, 0) is 11.3 Å². The molecule has 0 aliphatic rings. The summed E-state index contributed by atoms with van der Waals surface area (Å²) >= 11 is 5.89. The van der Waals surface area contributed by atoms with Crippen LogP contribution in [0.25, 0.3) is 0 Å². The number of amides is 1. The zero-order valence-corrected chi connectivity index (χ0v) is 11.7. The molecule has 0 saturated heterocycles. The second-order valence-electron chi connectivity index (χ2n) is 4.48. The molecule has 1 heterocycles. The van der Waals surface area contributed by atoms with E-state index in [1.807, 2.05) is 54.9 Å². The van der Waals surface area contributed by atoms with Crippen LogP contribution in [0.15, 0.2) is 42.6 Å². The maximum Gasteiger partial charge on any atom is 0.290 e. The van der Waals surface area contributed by atoms with Crippen molar-refractivity contribution in [3.05, 3.63) is 58.9 Å². The fourth-order valence-corrected chi connectivity index (χ4v) is 2.08. The third-order valence-electron chi connectivity index (χ3n) is 2.94. The van der Waals surface area contributed by atoms with Crippen LogP contribution in [0.4, 0.5) is 5.69 Å². The maximum absolute atomic E-state index is 12.0. The molecular weight excluding hydrogens is 260 g/mol.